The molecule has 13 heteroatoms. The van der Waals surface area contributed by atoms with Gasteiger partial charge in [0, 0.05) is 26.2 Å². The van der Waals surface area contributed by atoms with E-state index in [-0.39, 0.29) is 35.8 Å². The molecule has 0 unspecified atom stereocenters. The highest BCUT2D eigenvalue weighted by Crippen LogP contribution is 2.23. The van der Waals surface area contributed by atoms with E-state index in [2.05, 4.69) is 17.2 Å². The highest BCUT2D eigenvalue weighted by Gasteiger charge is 2.29. The van der Waals surface area contributed by atoms with Crippen molar-refractivity contribution >= 4 is 35.8 Å². The van der Waals surface area contributed by atoms with E-state index >= 15 is 0 Å². The fourth-order valence-electron chi connectivity index (χ4n) is 4.90. The van der Waals surface area contributed by atoms with Crippen molar-refractivity contribution in [2.45, 2.75) is 65.3 Å². The molecule has 1 saturated heterocycles. The second-order valence-electron chi connectivity index (χ2n) is 10.8. The van der Waals surface area contributed by atoms with Gasteiger partial charge in [0.25, 0.3) is 5.56 Å². The van der Waals surface area contributed by atoms with Crippen LogP contribution < -0.4 is 26.9 Å². The van der Waals surface area contributed by atoms with Gasteiger partial charge in [0.15, 0.2) is 11.2 Å². The zero-order valence-electron chi connectivity index (χ0n) is 23.5. The maximum atomic E-state index is 13.8. The number of ether oxygens (including phenoxy) is 1. The molecule has 0 saturated carbocycles. The normalized spacial score (nSPS) is 15.5. The Balaban J connectivity index is 1.77. The molecule has 1 aliphatic rings. The highest BCUT2D eigenvalue weighted by molar-refractivity contribution is 6.59. The molecule has 1 amide bonds. The number of rotatable bonds is 6. The number of amides is 1. The predicted molar refractivity (Wildman–Crippen MR) is 153 cm³/mol. The number of hydrogen-bond donors (Lipinski definition) is 3. The molecule has 1 fully saturated rings. The first-order chi connectivity index (χ1) is 18.9. The van der Waals surface area contributed by atoms with Gasteiger partial charge in [-0.25, -0.2) is 9.59 Å². The van der Waals surface area contributed by atoms with E-state index < -0.39 is 30.1 Å². The third kappa shape index (κ3) is 6.08. The van der Waals surface area contributed by atoms with Crippen LogP contribution in [0.5, 0.6) is 0 Å². The predicted octanol–water partition coefficient (Wildman–Crippen LogP) is 0.142. The maximum Gasteiger partial charge on any atom is 0.488 e. The van der Waals surface area contributed by atoms with Crippen molar-refractivity contribution in [3.63, 3.8) is 0 Å². The van der Waals surface area contributed by atoms with Crippen molar-refractivity contribution in [1.29, 1.82) is 0 Å². The molecule has 0 bridgehead atoms. The number of carbonyl (C=O) groups excluding carboxylic acids is 1. The Hall–Kier alpha value is -4.02. The molecule has 3 aromatic rings. The van der Waals surface area contributed by atoms with Gasteiger partial charge >= 0.3 is 18.9 Å². The number of aromatic nitrogens is 4. The molecule has 212 valence electrons. The number of benzene rings is 1. The smallest absolute Gasteiger partial charge is 0.444 e. The zero-order valence-corrected chi connectivity index (χ0v) is 23.5. The number of hydrogen-bond acceptors (Lipinski definition) is 8. The Morgan fingerprint density at radius 3 is 2.62 bits per heavy atom. The van der Waals surface area contributed by atoms with Crippen LogP contribution in [0.25, 0.3) is 11.2 Å². The lowest BCUT2D eigenvalue weighted by atomic mass is 9.77. The fourth-order valence-corrected chi connectivity index (χ4v) is 4.90. The maximum absolute atomic E-state index is 13.8. The van der Waals surface area contributed by atoms with Crippen molar-refractivity contribution in [3.8, 4) is 11.8 Å². The lowest BCUT2D eigenvalue weighted by Gasteiger charge is -2.34. The van der Waals surface area contributed by atoms with E-state index in [4.69, 9.17) is 9.72 Å². The van der Waals surface area contributed by atoms with Crippen molar-refractivity contribution < 1.29 is 19.6 Å². The molecule has 0 aliphatic carbocycles. The molecule has 0 spiro atoms. The van der Waals surface area contributed by atoms with Crippen LogP contribution in [-0.4, -0.2) is 66.7 Å². The number of carbonyl (C=O) groups is 1. The first kappa shape index (κ1) is 29.0. The van der Waals surface area contributed by atoms with E-state index in [0.717, 1.165) is 17.4 Å². The molecule has 4 rings (SSSR count). The molecule has 1 aromatic carbocycles. The molecule has 1 aliphatic heterocycles. The van der Waals surface area contributed by atoms with E-state index in [0.29, 0.717) is 24.6 Å². The summed E-state index contributed by atoms with van der Waals surface area (Å²) in [5.41, 5.74) is -0.688. The van der Waals surface area contributed by atoms with Crippen LogP contribution in [-0.2, 0) is 24.9 Å². The van der Waals surface area contributed by atoms with Gasteiger partial charge in [0.05, 0.1) is 13.1 Å². The summed E-state index contributed by atoms with van der Waals surface area (Å²) in [4.78, 5) is 46.3. The number of anilines is 1. The number of nitrogens with one attached hydrogen (secondary N) is 1. The van der Waals surface area contributed by atoms with Gasteiger partial charge in [-0.3, -0.25) is 18.5 Å². The Bertz CT molecular complexity index is 1590. The summed E-state index contributed by atoms with van der Waals surface area (Å²) in [5, 5.41) is 22.5. The Morgan fingerprint density at radius 1 is 1.23 bits per heavy atom. The third-order valence-corrected chi connectivity index (χ3v) is 6.71. The van der Waals surface area contributed by atoms with Gasteiger partial charge in [-0.15, -0.1) is 5.92 Å². The van der Waals surface area contributed by atoms with Gasteiger partial charge in [0.2, 0.25) is 5.95 Å². The molecule has 0 radical (unpaired) electrons. The zero-order chi connectivity index (χ0) is 29.2. The monoisotopic (exact) mass is 550 g/mol. The van der Waals surface area contributed by atoms with Gasteiger partial charge in [-0.1, -0.05) is 30.2 Å². The van der Waals surface area contributed by atoms with Crippen LogP contribution in [0, 0.1) is 11.8 Å². The van der Waals surface area contributed by atoms with Crippen LogP contribution in [0.1, 0.15) is 46.1 Å². The largest absolute Gasteiger partial charge is 0.488 e. The number of piperidine rings is 1. The van der Waals surface area contributed by atoms with Crippen LogP contribution in [0.2, 0.25) is 0 Å². The number of aryl methyl sites for hydroxylation is 1. The van der Waals surface area contributed by atoms with E-state index in [1.54, 1.807) is 57.5 Å². The minimum absolute atomic E-state index is 0.152. The number of nitrogens with zero attached hydrogens (tertiary/aromatic N) is 5. The number of fused-ring (bicyclic) bond motifs is 1. The van der Waals surface area contributed by atoms with E-state index in [9.17, 15) is 24.4 Å². The summed E-state index contributed by atoms with van der Waals surface area (Å²) in [6.45, 7) is 8.20. The molecular formula is C27H35BN6O6. The molecule has 3 heterocycles. The fraction of sp³-hybridized carbons (Fsp3) is 0.481. The summed E-state index contributed by atoms with van der Waals surface area (Å²) >= 11 is 0. The average Bonchev–Trinajstić information content (AvgIpc) is 3.27. The first-order valence-corrected chi connectivity index (χ1v) is 13.2. The third-order valence-electron chi connectivity index (χ3n) is 6.71. The summed E-state index contributed by atoms with van der Waals surface area (Å²) in [5.74, 6) is 6.33. The van der Waals surface area contributed by atoms with Crippen LogP contribution >= 0.6 is 0 Å². The van der Waals surface area contributed by atoms with Crippen LogP contribution in [0.4, 0.5) is 10.7 Å². The van der Waals surface area contributed by atoms with Crippen LogP contribution in [0.3, 0.4) is 0 Å². The second-order valence-corrected chi connectivity index (χ2v) is 10.8. The van der Waals surface area contributed by atoms with Crippen molar-refractivity contribution in [3.05, 3.63) is 50.7 Å². The minimum atomic E-state index is -1.75. The van der Waals surface area contributed by atoms with Crippen LogP contribution in [0.15, 0.2) is 33.9 Å². The summed E-state index contributed by atoms with van der Waals surface area (Å²) in [7, 11) is -0.207. The minimum Gasteiger partial charge on any atom is -0.444 e. The van der Waals surface area contributed by atoms with Gasteiger partial charge in [-0.2, -0.15) is 4.98 Å². The Morgan fingerprint density at radius 2 is 1.95 bits per heavy atom. The van der Waals surface area contributed by atoms with Crippen molar-refractivity contribution in [1.82, 2.24) is 24.0 Å². The first-order valence-electron chi connectivity index (χ1n) is 13.2. The van der Waals surface area contributed by atoms with E-state index in [1.165, 1.54) is 10.6 Å². The highest BCUT2D eigenvalue weighted by atomic mass is 16.6. The molecule has 3 N–H and O–H groups in total. The van der Waals surface area contributed by atoms with Crippen molar-refractivity contribution in [2.24, 2.45) is 7.05 Å². The molecule has 12 nitrogen and oxygen atoms in total. The van der Waals surface area contributed by atoms with Gasteiger partial charge in [0.1, 0.15) is 5.60 Å². The quantitative estimate of drug-likeness (QED) is 0.291. The van der Waals surface area contributed by atoms with E-state index in [1.807, 2.05) is 4.90 Å². The lowest BCUT2D eigenvalue weighted by Crippen LogP contribution is -2.49. The molecular weight excluding hydrogens is 515 g/mol. The second kappa shape index (κ2) is 11.6. The van der Waals surface area contributed by atoms with Gasteiger partial charge in [-0.05, 0) is 51.6 Å². The van der Waals surface area contributed by atoms with Crippen molar-refractivity contribution in [2.75, 3.05) is 18.0 Å². The number of imidazole rings is 1. The average molecular weight is 550 g/mol. The number of alkyl carbamates (subject to hydrolysis) is 1. The summed E-state index contributed by atoms with van der Waals surface area (Å²) in [6.07, 6.45) is 1.03. The Kier molecular flexibility index (Phi) is 8.41. The summed E-state index contributed by atoms with van der Waals surface area (Å²) in [6, 6.07) is 6.33. The Labute approximate surface area is 232 Å². The molecule has 2 aromatic heterocycles. The summed E-state index contributed by atoms with van der Waals surface area (Å²) < 4.78 is 9.49. The standard InChI is InChI=1S/C27H35BN6O6/c1-6-7-15-33-21-22(30-24(33)32-14-10-12-19(17-32)29-25(36)40-27(2,3)4)31(5)26(37)34(23(21)35)16-18-11-8-9-13-20(18)28(38)39/h8-9,11,13,19,38-39H,10,12,14-17H2,1-5H3,(H,29,36)/t19-/m0/s1. The molecule has 1 atom stereocenters. The lowest BCUT2D eigenvalue weighted by molar-refractivity contribution is 0.0499. The SMILES string of the molecule is CC#CCn1c(N2CCC[C@H](NC(=O)OC(C)(C)C)C2)nc2c1c(=O)n(Cc1ccccc1B(O)O)c(=O)n2C. The topological polar surface area (TPSA) is 144 Å². The molecule has 40 heavy (non-hydrogen) atoms. The van der Waals surface area contributed by atoms with Gasteiger partial charge < -0.3 is 25.0 Å².